The van der Waals surface area contributed by atoms with Gasteiger partial charge in [-0.2, -0.15) is 0 Å². The summed E-state index contributed by atoms with van der Waals surface area (Å²) in [6.07, 6.45) is 0.400. The van der Waals surface area contributed by atoms with Gasteiger partial charge in [-0.05, 0) is 29.3 Å². The van der Waals surface area contributed by atoms with Crippen molar-refractivity contribution in [2.75, 3.05) is 10.6 Å². The van der Waals surface area contributed by atoms with Gasteiger partial charge in [0.1, 0.15) is 0 Å². The first-order chi connectivity index (χ1) is 9.20. The molecular formula is C15H15N3O. The predicted octanol–water partition coefficient (Wildman–Crippen LogP) is 1.95. The lowest BCUT2D eigenvalue weighted by Crippen LogP contribution is -2.21. The molecule has 0 fully saturated rings. The maximum absolute atomic E-state index is 12.2. The van der Waals surface area contributed by atoms with Gasteiger partial charge in [-0.25, -0.2) is 0 Å². The first-order valence-electron chi connectivity index (χ1n) is 6.20. The molecule has 19 heavy (non-hydrogen) atoms. The molecule has 0 aromatic heterocycles. The number of fused-ring (bicyclic) bond motifs is 1. The van der Waals surface area contributed by atoms with Crippen LogP contribution < -0.4 is 16.4 Å². The lowest BCUT2D eigenvalue weighted by molar-refractivity contribution is -0.116. The number of benzene rings is 2. The summed E-state index contributed by atoms with van der Waals surface area (Å²) < 4.78 is 0. The topological polar surface area (TPSA) is 72.4 Å². The molecule has 1 amide bonds. The van der Waals surface area contributed by atoms with E-state index in [0.717, 1.165) is 22.5 Å². The molecule has 0 bridgehead atoms. The van der Waals surface area contributed by atoms with Gasteiger partial charge in [0.15, 0.2) is 0 Å². The summed E-state index contributed by atoms with van der Waals surface area (Å²) in [4.78, 5) is 13.9. The van der Waals surface area contributed by atoms with Gasteiger partial charge in [0, 0.05) is 6.54 Å². The van der Waals surface area contributed by atoms with E-state index in [1.165, 1.54) is 0 Å². The summed E-state index contributed by atoms with van der Waals surface area (Å²) >= 11 is 0. The van der Waals surface area contributed by atoms with Crippen molar-refractivity contribution in [3.63, 3.8) is 0 Å². The third-order valence-electron chi connectivity index (χ3n) is 3.39. The fraction of sp³-hybridized carbons (Fsp3) is 0.133. The van der Waals surface area contributed by atoms with Crippen molar-refractivity contribution < 1.29 is 4.79 Å². The fourth-order valence-electron chi connectivity index (χ4n) is 2.46. The number of hydrogen-bond donors (Lipinski definition) is 2. The van der Waals surface area contributed by atoms with Crippen LogP contribution in [0.3, 0.4) is 0 Å². The zero-order valence-corrected chi connectivity index (χ0v) is 10.5. The highest BCUT2D eigenvalue weighted by atomic mass is 16.2. The number of carbonyl (C=O) groups excluding carboxylic acids is 1. The Labute approximate surface area is 111 Å². The summed E-state index contributed by atoms with van der Waals surface area (Å²) in [5.41, 5.74) is 15.9. The van der Waals surface area contributed by atoms with Crippen LogP contribution in [0.4, 0.5) is 17.1 Å². The molecule has 4 heteroatoms. The van der Waals surface area contributed by atoms with Gasteiger partial charge >= 0.3 is 0 Å². The second kappa shape index (κ2) is 4.40. The molecule has 0 saturated carbocycles. The van der Waals surface area contributed by atoms with Gasteiger partial charge in [0.2, 0.25) is 5.91 Å². The standard InChI is InChI=1S/C15H15N3O/c16-9-10-5-6-13-11(7-10)8-15(19)18(13)14-4-2-1-3-12(14)17/h1-7H,8-9,16-17H2. The quantitative estimate of drug-likeness (QED) is 0.803. The molecule has 0 aliphatic carbocycles. The first kappa shape index (κ1) is 11.7. The molecule has 0 saturated heterocycles. The Morgan fingerprint density at radius 1 is 1.11 bits per heavy atom. The Balaban J connectivity index is 2.11. The number of nitrogens with two attached hydrogens (primary N) is 2. The van der Waals surface area contributed by atoms with Crippen LogP contribution in [-0.2, 0) is 17.8 Å². The third kappa shape index (κ3) is 1.86. The number of hydrogen-bond acceptors (Lipinski definition) is 3. The molecule has 4 N–H and O–H groups in total. The van der Waals surface area contributed by atoms with E-state index in [4.69, 9.17) is 11.5 Å². The van der Waals surface area contributed by atoms with E-state index in [1.807, 2.05) is 36.4 Å². The lowest BCUT2D eigenvalue weighted by Gasteiger charge is -2.19. The summed E-state index contributed by atoms with van der Waals surface area (Å²) in [6.45, 7) is 0.481. The number of rotatable bonds is 2. The van der Waals surface area contributed by atoms with Crippen molar-refractivity contribution in [3.8, 4) is 0 Å². The molecular weight excluding hydrogens is 238 g/mol. The molecule has 0 atom stereocenters. The monoisotopic (exact) mass is 253 g/mol. The van der Waals surface area contributed by atoms with Crippen LogP contribution in [0.1, 0.15) is 11.1 Å². The van der Waals surface area contributed by atoms with Crippen LogP contribution in [0.5, 0.6) is 0 Å². The predicted molar refractivity (Wildman–Crippen MR) is 76.0 cm³/mol. The Kier molecular flexibility index (Phi) is 2.72. The minimum Gasteiger partial charge on any atom is -0.397 e. The number of nitrogen functional groups attached to an aromatic ring is 1. The Morgan fingerprint density at radius 2 is 1.89 bits per heavy atom. The van der Waals surface area contributed by atoms with Crippen molar-refractivity contribution in [2.24, 2.45) is 5.73 Å². The van der Waals surface area contributed by atoms with Gasteiger partial charge in [-0.15, -0.1) is 0 Å². The maximum Gasteiger partial charge on any atom is 0.236 e. The largest absolute Gasteiger partial charge is 0.397 e. The minimum atomic E-state index is 0.0436. The van der Waals surface area contributed by atoms with Gasteiger partial charge < -0.3 is 11.5 Å². The smallest absolute Gasteiger partial charge is 0.236 e. The van der Waals surface area contributed by atoms with Crippen LogP contribution in [0, 0.1) is 0 Å². The van der Waals surface area contributed by atoms with Crippen molar-refractivity contribution in [1.29, 1.82) is 0 Å². The molecule has 0 spiro atoms. The van der Waals surface area contributed by atoms with E-state index in [2.05, 4.69) is 0 Å². The molecule has 1 aliphatic heterocycles. The lowest BCUT2D eigenvalue weighted by atomic mass is 10.1. The molecule has 2 aromatic carbocycles. The molecule has 0 radical (unpaired) electrons. The molecule has 96 valence electrons. The van der Waals surface area contributed by atoms with E-state index in [-0.39, 0.29) is 5.91 Å². The van der Waals surface area contributed by atoms with Crippen molar-refractivity contribution in [2.45, 2.75) is 13.0 Å². The van der Waals surface area contributed by atoms with Crippen LogP contribution >= 0.6 is 0 Å². The zero-order chi connectivity index (χ0) is 13.4. The minimum absolute atomic E-state index is 0.0436. The number of anilines is 3. The summed E-state index contributed by atoms with van der Waals surface area (Å²) in [5.74, 6) is 0.0436. The maximum atomic E-state index is 12.2. The van der Waals surface area contributed by atoms with Gasteiger partial charge in [0.25, 0.3) is 0 Å². The van der Waals surface area contributed by atoms with Crippen LogP contribution in [0.2, 0.25) is 0 Å². The first-order valence-corrected chi connectivity index (χ1v) is 6.20. The van der Waals surface area contributed by atoms with Crippen LogP contribution in [0.15, 0.2) is 42.5 Å². The average molecular weight is 253 g/mol. The Bertz CT molecular complexity index is 652. The molecule has 0 unspecified atom stereocenters. The van der Waals surface area contributed by atoms with Crippen LogP contribution in [0.25, 0.3) is 0 Å². The Hall–Kier alpha value is -2.33. The molecule has 4 nitrogen and oxygen atoms in total. The van der Waals surface area contributed by atoms with Gasteiger partial charge in [-0.1, -0.05) is 24.3 Å². The number of amides is 1. The molecule has 3 rings (SSSR count). The average Bonchev–Trinajstić information content (AvgIpc) is 2.74. The third-order valence-corrected chi connectivity index (χ3v) is 3.39. The molecule has 1 heterocycles. The highest BCUT2D eigenvalue weighted by Gasteiger charge is 2.29. The second-order valence-electron chi connectivity index (χ2n) is 4.63. The van der Waals surface area contributed by atoms with E-state index in [1.54, 1.807) is 11.0 Å². The van der Waals surface area contributed by atoms with E-state index >= 15 is 0 Å². The highest BCUT2D eigenvalue weighted by molar-refractivity contribution is 6.09. The van der Waals surface area contributed by atoms with E-state index in [0.29, 0.717) is 18.7 Å². The normalized spacial score (nSPS) is 13.7. The SMILES string of the molecule is NCc1ccc2c(c1)CC(=O)N2c1ccccc1N. The van der Waals surface area contributed by atoms with Gasteiger partial charge in [0.05, 0.1) is 23.5 Å². The highest BCUT2D eigenvalue weighted by Crippen LogP contribution is 2.38. The van der Waals surface area contributed by atoms with E-state index in [9.17, 15) is 4.79 Å². The van der Waals surface area contributed by atoms with Crippen LogP contribution in [-0.4, -0.2) is 5.91 Å². The van der Waals surface area contributed by atoms with Gasteiger partial charge in [-0.3, -0.25) is 9.69 Å². The van der Waals surface area contributed by atoms with Crippen molar-refractivity contribution >= 4 is 23.0 Å². The number of para-hydroxylation sites is 2. The molecule has 2 aromatic rings. The van der Waals surface area contributed by atoms with Crippen molar-refractivity contribution in [3.05, 3.63) is 53.6 Å². The summed E-state index contributed by atoms with van der Waals surface area (Å²) in [6, 6.07) is 13.3. The molecule has 1 aliphatic rings. The second-order valence-corrected chi connectivity index (χ2v) is 4.63. The fourth-order valence-corrected chi connectivity index (χ4v) is 2.46. The number of carbonyl (C=O) groups is 1. The zero-order valence-electron chi connectivity index (χ0n) is 10.5. The van der Waals surface area contributed by atoms with E-state index < -0.39 is 0 Å². The summed E-state index contributed by atoms with van der Waals surface area (Å²) in [5, 5.41) is 0. The Morgan fingerprint density at radius 3 is 2.63 bits per heavy atom. The summed E-state index contributed by atoms with van der Waals surface area (Å²) in [7, 11) is 0. The number of nitrogens with zero attached hydrogens (tertiary/aromatic N) is 1. The van der Waals surface area contributed by atoms with Crippen molar-refractivity contribution in [1.82, 2.24) is 0 Å².